The molecule has 0 radical (unpaired) electrons. The van der Waals surface area contributed by atoms with Crippen LogP contribution in [-0.4, -0.2) is 17.8 Å². The Kier molecular flexibility index (Phi) is 5.29. The molecule has 0 saturated carbocycles. The molecule has 0 amide bonds. The first kappa shape index (κ1) is 16.3. The average molecular weight is 332 g/mol. The second kappa shape index (κ2) is 6.81. The lowest BCUT2D eigenvalue weighted by molar-refractivity contribution is -0.137. The van der Waals surface area contributed by atoms with Crippen LogP contribution in [0.15, 0.2) is 35.4 Å². The van der Waals surface area contributed by atoms with E-state index in [4.69, 9.17) is 0 Å². The molecule has 1 aromatic carbocycles. The quantitative estimate of drug-likeness (QED) is 0.815. The highest BCUT2D eigenvalue weighted by atomic mass is 32.2. The fraction of sp³-hybridized carbons (Fsp3) is 0.357. The van der Waals surface area contributed by atoms with E-state index < -0.39 is 11.2 Å². The van der Waals surface area contributed by atoms with Crippen molar-refractivity contribution in [2.24, 2.45) is 0 Å². The summed E-state index contributed by atoms with van der Waals surface area (Å²) in [7, 11) is 1.75. The predicted molar refractivity (Wildman–Crippen MR) is 80.8 cm³/mol. The van der Waals surface area contributed by atoms with Crippen molar-refractivity contribution in [2.45, 2.75) is 24.0 Å². The Morgan fingerprint density at radius 2 is 2.05 bits per heavy atom. The molecule has 21 heavy (non-hydrogen) atoms. The van der Waals surface area contributed by atoms with Crippen molar-refractivity contribution in [3.8, 4) is 0 Å². The normalized spacial score (nSPS) is 13.4. The van der Waals surface area contributed by atoms with Gasteiger partial charge in [0.05, 0.1) is 6.04 Å². The number of thiazole rings is 1. The average Bonchev–Trinajstić information content (AvgIpc) is 2.91. The van der Waals surface area contributed by atoms with Crippen LogP contribution < -0.4 is 5.32 Å². The number of rotatable bonds is 5. The molecule has 0 aliphatic heterocycles. The Balaban J connectivity index is 2.07. The summed E-state index contributed by atoms with van der Waals surface area (Å²) in [6.45, 7) is 2.02. The molecule has 0 aliphatic carbocycles. The molecule has 0 spiro atoms. The topological polar surface area (TPSA) is 24.9 Å². The summed E-state index contributed by atoms with van der Waals surface area (Å²) < 4.78 is 37.8. The van der Waals surface area contributed by atoms with Gasteiger partial charge in [0.1, 0.15) is 0 Å². The Bertz CT molecular complexity index is 596. The van der Waals surface area contributed by atoms with Crippen LogP contribution >= 0.6 is 23.1 Å². The Morgan fingerprint density at radius 1 is 1.33 bits per heavy atom. The number of alkyl halides is 3. The van der Waals surface area contributed by atoms with Gasteiger partial charge in [-0.3, -0.25) is 0 Å². The molecular weight excluding hydrogens is 317 g/mol. The van der Waals surface area contributed by atoms with Gasteiger partial charge in [-0.1, -0.05) is 18.2 Å². The van der Waals surface area contributed by atoms with Crippen LogP contribution in [0.25, 0.3) is 0 Å². The number of nitrogens with one attached hydrogen (secondary N) is 1. The number of thioether (sulfide) groups is 1. The van der Waals surface area contributed by atoms with Crippen LogP contribution in [0.5, 0.6) is 0 Å². The number of aryl methyl sites for hydroxylation is 1. The molecule has 0 aliphatic rings. The first-order valence-electron chi connectivity index (χ1n) is 6.30. The summed E-state index contributed by atoms with van der Waals surface area (Å²) in [5.74, 6) is 0.654. The summed E-state index contributed by atoms with van der Waals surface area (Å²) in [6.07, 6.45) is -3.06. The lowest BCUT2D eigenvalue weighted by Crippen LogP contribution is -2.17. The van der Waals surface area contributed by atoms with Crippen molar-refractivity contribution in [1.82, 2.24) is 10.3 Å². The summed E-state index contributed by atoms with van der Waals surface area (Å²) in [4.78, 5) is 5.21. The van der Waals surface area contributed by atoms with E-state index in [1.54, 1.807) is 18.8 Å². The molecule has 1 aromatic heterocycles. The van der Waals surface area contributed by atoms with Gasteiger partial charge in [-0.2, -0.15) is 13.2 Å². The van der Waals surface area contributed by atoms with Crippen molar-refractivity contribution in [3.63, 3.8) is 0 Å². The Labute approximate surface area is 129 Å². The SMILES string of the molecule is CNC(CSc1ccccc1C)c1cnc(C(F)(F)F)s1. The van der Waals surface area contributed by atoms with E-state index in [1.165, 1.54) is 6.20 Å². The van der Waals surface area contributed by atoms with E-state index in [9.17, 15) is 13.2 Å². The van der Waals surface area contributed by atoms with Crippen molar-refractivity contribution < 1.29 is 13.2 Å². The van der Waals surface area contributed by atoms with E-state index in [0.29, 0.717) is 22.0 Å². The smallest absolute Gasteiger partial charge is 0.312 e. The molecule has 0 fully saturated rings. The van der Waals surface area contributed by atoms with Gasteiger partial charge in [0, 0.05) is 21.7 Å². The maximum Gasteiger partial charge on any atom is 0.443 e. The molecule has 7 heteroatoms. The number of nitrogens with zero attached hydrogens (tertiary/aromatic N) is 1. The number of hydrogen-bond donors (Lipinski definition) is 1. The third-order valence-electron chi connectivity index (χ3n) is 2.96. The Morgan fingerprint density at radius 3 is 2.62 bits per heavy atom. The maximum absolute atomic E-state index is 12.6. The third-order valence-corrected chi connectivity index (χ3v) is 5.38. The van der Waals surface area contributed by atoms with Crippen LogP contribution in [0.4, 0.5) is 13.2 Å². The van der Waals surface area contributed by atoms with Crippen molar-refractivity contribution in [3.05, 3.63) is 45.9 Å². The van der Waals surface area contributed by atoms with Gasteiger partial charge in [-0.25, -0.2) is 4.98 Å². The molecule has 1 unspecified atom stereocenters. The van der Waals surface area contributed by atoms with Crippen LogP contribution in [-0.2, 0) is 6.18 Å². The zero-order valence-corrected chi connectivity index (χ0v) is 13.2. The second-order valence-corrected chi connectivity index (χ2v) is 6.61. The van der Waals surface area contributed by atoms with Gasteiger partial charge in [0.15, 0.2) is 5.01 Å². The Hall–Kier alpha value is -1.05. The van der Waals surface area contributed by atoms with Crippen LogP contribution in [0, 0.1) is 6.92 Å². The minimum absolute atomic E-state index is 0.150. The minimum Gasteiger partial charge on any atom is -0.312 e. The first-order valence-corrected chi connectivity index (χ1v) is 8.10. The maximum atomic E-state index is 12.6. The first-order chi connectivity index (χ1) is 9.91. The zero-order chi connectivity index (χ0) is 15.5. The predicted octanol–water partition coefficient (Wildman–Crippen LogP) is 4.52. The molecule has 1 heterocycles. The van der Waals surface area contributed by atoms with Crippen molar-refractivity contribution >= 4 is 23.1 Å². The highest BCUT2D eigenvalue weighted by molar-refractivity contribution is 7.99. The summed E-state index contributed by atoms with van der Waals surface area (Å²) >= 11 is 2.33. The summed E-state index contributed by atoms with van der Waals surface area (Å²) in [6, 6.07) is 7.81. The van der Waals surface area contributed by atoms with Crippen molar-refractivity contribution in [1.29, 1.82) is 0 Å². The van der Waals surface area contributed by atoms with Crippen molar-refractivity contribution in [2.75, 3.05) is 12.8 Å². The zero-order valence-electron chi connectivity index (χ0n) is 11.6. The highest BCUT2D eigenvalue weighted by Crippen LogP contribution is 2.35. The molecular formula is C14H15F3N2S2. The molecule has 2 nitrogen and oxygen atoms in total. The molecule has 114 valence electrons. The van der Waals surface area contributed by atoms with Crippen LogP contribution in [0.3, 0.4) is 0 Å². The minimum atomic E-state index is -4.37. The number of aromatic nitrogens is 1. The monoisotopic (exact) mass is 332 g/mol. The van der Waals surface area contributed by atoms with E-state index in [0.717, 1.165) is 10.5 Å². The van der Waals surface area contributed by atoms with Crippen LogP contribution in [0.1, 0.15) is 21.5 Å². The van der Waals surface area contributed by atoms with E-state index in [-0.39, 0.29) is 6.04 Å². The van der Waals surface area contributed by atoms with Gasteiger partial charge in [0.2, 0.25) is 0 Å². The largest absolute Gasteiger partial charge is 0.443 e. The lowest BCUT2D eigenvalue weighted by Gasteiger charge is -2.14. The number of benzene rings is 1. The fourth-order valence-corrected chi connectivity index (χ4v) is 3.94. The number of halogens is 3. The number of hydrogen-bond acceptors (Lipinski definition) is 4. The van der Waals surface area contributed by atoms with E-state index in [2.05, 4.69) is 10.3 Å². The van der Waals surface area contributed by atoms with E-state index in [1.807, 2.05) is 31.2 Å². The fourth-order valence-electron chi connectivity index (χ4n) is 1.78. The molecule has 2 aromatic rings. The highest BCUT2D eigenvalue weighted by Gasteiger charge is 2.35. The van der Waals surface area contributed by atoms with E-state index >= 15 is 0 Å². The summed E-state index contributed by atoms with van der Waals surface area (Å²) in [5, 5.41) is 2.26. The second-order valence-electron chi connectivity index (χ2n) is 4.48. The standard InChI is InChI=1S/C14H15F3N2S2/c1-9-5-3-4-6-11(9)20-8-10(18-2)12-7-19-13(21-12)14(15,16)17/h3-7,10,18H,8H2,1-2H3. The van der Waals surface area contributed by atoms with Gasteiger partial charge in [-0.05, 0) is 25.6 Å². The molecule has 0 saturated heterocycles. The molecule has 1 atom stereocenters. The van der Waals surface area contributed by atoms with Crippen LogP contribution in [0.2, 0.25) is 0 Å². The third kappa shape index (κ3) is 4.21. The molecule has 2 rings (SSSR count). The summed E-state index contributed by atoms with van der Waals surface area (Å²) in [5.41, 5.74) is 1.16. The molecule has 0 bridgehead atoms. The van der Waals surface area contributed by atoms with Gasteiger partial charge in [0.25, 0.3) is 0 Å². The van der Waals surface area contributed by atoms with Gasteiger partial charge >= 0.3 is 6.18 Å². The lowest BCUT2D eigenvalue weighted by atomic mass is 10.2. The van der Waals surface area contributed by atoms with Gasteiger partial charge < -0.3 is 5.32 Å². The molecule has 1 N–H and O–H groups in total. The van der Waals surface area contributed by atoms with Gasteiger partial charge in [-0.15, -0.1) is 23.1 Å².